The molecule has 1 rings (SSSR count). The Kier molecular flexibility index (Phi) is 4.49. The van der Waals surface area contributed by atoms with Crippen molar-refractivity contribution in [3.63, 3.8) is 0 Å². The Morgan fingerprint density at radius 3 is 2.81 bits per heavy atom. The van der Waals surface area contributed by atoms with Gasteiger partial charge in [0, 0.05) is 11.8 Å². The maximum atomic E-state index is 11.6. The van der Waals surface area contributed by atoms with Crippen LogP contribution >= 0.6 is 0 Å². The van der Waals surface area contributed by atoms with Crippen molar-refractivity contribution in [1.29, 1.82) is 0 Å². The average Bonchev–Trinajstić information content (AvgIpc) is 2.66. The molecule has 1 unspecified atom stereocenters. The van der Waals surface area contributed by atoms with Crippen molar-refractivity contribution in [3.05, 3.63) is 11.8 Å². The highest BCUT2D eigenvalue weighted by Gasteiger charge is 2.14. The number of nitrogens with one attached hydrogen (secondary N) is 2. The maximum absolute atomic E-state index is 11.6. The largest absolute Gasteiger partial charge is 0.320 e. The van der Waals surface area contributed by atoms with Crippen molar-refractivity contribution in [1.82, 2.24) is 10.2 Å². The van der Waals surface area contributed by atoms with Crippen LogP contribution in [0.2, 0.25) is 0 Å². The number of nitrogens with zero attached hydrogens (tertiary/aromatic N) is 1. The fourth-order valence-corrected chi connectivity index (χ4v) is 1.36. The lowest BCUT2D eigenvalue weighted by Gasteiger charge is -2.08. The summed E-state index contributed by atoms with van der Waals surface area (Å²) in [5.41, 5.74) is 6.69. The molecule has 0 fully saturated rings. The van der Waals surface area contributed by atoms with Crippen LogP contribution in [0.4, 0.5) is 5.82 Å². The minimum Gasteiger partial charge on any atom is -0.320 e. The average molecular weight is 224 g/mol. The lowest BCUT2D eigenvalue weighted by Crippen LogP contribution is -2.35. The predicted octanol–water partition coefficient (Wildman–Crippen LogP) is 1.60. The van der Waals surface area contributed by atoms with Gasteiger partial charge in [0.2, 0.25) is 5.91 Å². The molecule has 0 aliphatic heterocycles. The first-order valence-corrected chi connectivity index (χ1v) is 5.66. The van der Waals surface area contributed by atoms with Gasteiger partial charge in [-0.25, -0.2) is 0 Å². The van der Waals surface area contributed by atoms with E-state index in [1.165, 1.54) is 0 Å². The van der Waals surface area contributed by atoms with E-state index in [-0.39, 0.29) is 5.91 Å². The molecule has 5 heteroatoms. The lowest BCUT2D eigenvalue weighted by atomic mass is 10.1. The van der Waals surface area contributed by atoms with Gasteiger partial charge in [-0.15, -0.1) is 0 Å². The van der Waals surface area contributed by atoms with Crippen molar-refractivity contribution >= 4 is 11.7 Å². The van der Waals surface area contributed by atoms with Crippen LogP contribution in [0.15, 0.2) is 6.07 Å². The van der Waals surface area contributed by atoms with Gasteiger partial charge in [-0.1, -0.05) is 27.2 Å². The highest BCUT2D eigenvalue weighted by atomic mass is 16.2. The van der Waals surface area contributed by atoms with E-state index in [0.717, 1.165) is 12.1 Å². The molecule has 1 aromatic rings. The van der Waals surface area contributed by atoms with Crippen LogP contribution in [0.5, 0.6) is 0 Å². The summed E-state index contributed by atoms with van der Waals surface area (Å²) in [7, 11) is 0. The normalized spacial score (nSPS) is 12.8. The molecule has 0 radical (unpaired) electrons. The number of carbonyl (C=O) groups is 1. The van der Waals surface area contributed by atoms with Crippen molar-refractivity contribution in [2.75, 3.05) is 5.32 Å². The van der Waals surface area contributed by atoms with Gasteiger partial charge >= 0.3 is 0 Å². The molecule has 5 nitrogen and oxygen atoms in total. The molecule has 0 bridgehead atoms. The number of aromatic amines is 1. The van der Waals surface area contributed by atoms with Crippen LogP contribution in [0.1, 0.15) is 45.2 Å². The Balaban J connectivity index is 2.56. The summed E-state index contributed by atoms with van der Waals surface area (Å²) in [5.74, 6) is 0.728. The van der Waals surface area contributed by atoms with Gasteiger partial charge in [-0.2, -0.15) is 5.10 Å². The monoisotopic (exact) mass is 224 g/mol. The zero-order valence-electron chi connectivity index (χ0n) is 10.1. The Morgan fingerprint density at radius 2 is 2.31 bits per heavy atom. The molecule has 1 amide bonds. The van der Waals surface area contributed by atoms with E-state index in [0.29, 0.717) is 18.2 Å². The molecule has 0 spiro atoms. The van der Waals surface area contributed by atoms with E-state index in [1.54, 1.807) is 0 Å². The number of anilines is 1. The lowest BCUT2D eigenvalue weighted by molar-refractivity contribution is -0.117. The van der Waals surface area contributed by atoms with E-state index in [1.807, 2.05) is 13.0 Å². The zero-order chi connectivity index (χ0) is 12.1. The van der Waals surface area contributed by atoms with Gasteiger partial charge in [-0.3, -0.25) is 9.89 Å². The summed E-state index contributed by atoms with van der Waals surface area (Å²) in [6.07, 6.45) is 1.58. The molecule has 0 aliphatic rings. The number of amides is 1. The smallest absolute Gasteiger partial charge is 0.242 e. The molecule has 0 aromatic carbocycles. The Bertz CT molecular complexity index is 346. The fraction of sp³-hybridized carbons (Fsp3) is 0.636. The van der Waals surface area contributed by atoms with Gasteiger partial charge in [0.05, 0.1) is 6.04 Å². The predicted molar refractivity (Wildman–Crippen MR) is 64.2 cm³/mol. The molecule has 0 saturated heterocycles. The molecular weight excluding hydrogens is 204 g/mol. The van der Waals surface area contributed by atoms with Gasteiger partial charge in [0.1, 0.15) is 0 Å². The van der Waals surface area contributed by atoms with Crippen LogP contribution in [0.3, 0.4) is 0 Å². The summed E-state index contributed by atoms with van der Waals surface area (Å²) in [5, 5.41) is 9.58. The SMILES string of the molecule is CCCC(N)C(=O)Nc1cc(C(C)C)[nH]n1. The Hall–Kier alpha value is -1.36. The minimum atomic E-state index is -0.454. The van der Waals surface area contributed by atoms with Crippen LogP contribution < -0.4 is 11.1 Å². The van der Waals surface area contributed by atoms with Crippen LogP contribution in [-0.2, 0) is 4.79 Å². The maximum Gasteiger partial charge on any atom is 0.242 e. The van der Waals surface area contributed by atoms with Crippen LogP contribution in [0.25, 0.3) is 0 Å². The Morgan fingerprint density at radius 1 is 1.62 bits per heavy atom. The number of hydrogen-bond donors (Lipinski definition) is 3. The first-order chi connectivity index (χ1) is 7.54. The third-order valence-corrected chi connectivity index (χ3v) is 2.41. The highest BCUT2D eigenvalue weighted by molar-refractivity contribution is 5.93. The number of H-pyrrole nitrogens is 1. The van der Waals surface area contributed by atoms with E-state index in [2.05, 4.69) is 29.4 Å². The summed E-state index contributed by atoms with van der Waals surface area (Å²) < 4.78 is 0. The molecular formula is C11H20N4O. The zero-order valence-corrected chi connectivity index (χ0v) is 10.1. The van der Waals surface area contributed by atoms with Gasteiger partial charge in [-0.05, 0) is 12.3 Å². The topological polar surface area (TPSA) is 83.8 Å². The molecule has 0 aliphatic carbocycles. The van der Waals surface area contributed by atoms with Crippen LogP contribution in [0, 0.1) is 0 Å². The van der Waals surface area contributed by atoms with Crippen molar-refractivity contribution < 1.29 is 4.79 Å². The van der Waals surface area contributed by atoms with Gasteiger partial charge in [0.25, 0.3) is 0 Å². The summed E-state index contributed by atoms with van der Waals surface area (Å²) in [4.78, 5) is 11.6. The quantitative estimate of drug-likeness (QED) is 0.710. The molecule has 16 heavy (non-hydrogen) atoms. The molecule has 1 heterocycles. The molecule has 90 valence electrons. The van der Waals surface area contributed by atoms with Crippen molar-refractivity contribution in [2.45, 2.75) is 45.6 Å². The van der Waals surface area contributed by atoms with E-state index < -0.39 is 6.04 Å². The third-order valence-electron chi connectivity index (χ3n) is 2.41. The molecule has 1 aromatic heterocycles. The second-order valence-electron chi connectivity index (χ2n) is 4.25. The van der Waals surface area contributed by atoms with E-state index in [9.17, 15) is 4.79 Å². The molecule has 4 N–H and O–H groups in total. The summed E-state index contributed by atoms with van der Waals surface area (Å²) >= 11 is 0. The van der Waals surface area contributed by atoms with Crippen LogP contribution in [-0.4, -0.2) is 22.1 Å². The first kappa shape index (κ1) is 12.7. The van der Waals surface area contributed by atoms with Crippen molar-refractivity contribution in [2.24, 2.45) is 5.73 Å². The van der Waals surface area contributed by atoms with Gasteiger partial charge < -0.3 is 11.1 Å². The number of hydrogen-bond acceptors (Lipinski definition) is 3. The fourth-order valence-electron chi connectivity index (χ4n) is 1.36. The summed E-state index contributed by atoms with van der Waals surface area (Å²) in [6.45, 7) is 6.11. The summed E-state index contributed by atoms with van der Waals surface area (Å²) in [6, 6.07) is 1.38. The number of rotatable bonds is 5. The number of aromatic nitrogens is 2. The molecule has 1 atom stereocenters. The Labute approximate surface area is 95.8 Å². The van der Waals surface area contributed by atoms with Crippen molar-refractivity contribution in [3.8, 4) is 0 Å². The van der Waals surface area contributed by atoms with E-state index >= 15 is 0 Å². The van der Waals surface area contributed by atoms with Gasteiger partial charge in [0.15, 0.2) is 5.82 Å². The van der Waals surface area contributed by atoms with E-state index in [4.69, 9.17) is 5.73 Å². The second-order valence-corrected chi connectivity index (χ2v) is 4.25. The number of nitrogens with two attached hydrogens (primary N) is 1. The first-order valence-electron chi connectivity index (χ1n) is 5.66. The standard InChI is InChI=1S/C11H20N4O/c1-4-5-8(12)11(16)13-10-6-9(7(2)3)14-15-10/h6-8H,4-5,12H2,1-3H3,(H2,13,14,15,16). The highest BCUT2D eigenvalue weighted by Crippen LogP contribution is 2.14. The minimum absolute atomic E-state index is 0.177. The second kappa shape index (κ2) is 5.65. The molecule has 0 saturated carbocycles. The number of carbonyl (C=O) groups excluding carboxylic acids is 1. The third kappa shape index (κ3) is 3.34.